The van der Waals surface area contributed by atoms with Crippen molar-refractivity contribution in [3.8, 4) is 0 Å². The average molecular weight is 711 g/mol. The van der Waals surface area contributed by atoms with Gasteiger partial charge in [0.2, 0.25) is 11.8 Å². The molecule has 4 rings (SSSR count). The molecule has 0 saturated carbocycles. The monoisotopic (exact) mass is 709 g/mol. The number of anilines is 1. The average Bonchev–Trinajstić information content (AvgIpc) is 2.99. The van der Waals surface area contributed by atoms with Gasteiger partial charge in [-0.2, -0.15) is 0 Å². The second-order valence-corrected chi connectivity index (χ2v) is 14.5. The molecule has 0 radical (unpaired) electrons. The molecule has 0 spiro atoms. The molecule has 7 nitrogen and oxygen atoms in total. The zero-order chi connectivity index (χ0) is 32.7. The number of rotatable bonds is 12. The van der Waals surface area contributed by atoms with E-state index in [9.17, 15) is 18.0 Å². The molecule has 0 saturated heterocycles. The van der Waals surface area contributed by atoms with Crippen LogP contribution in [0, 0.1) is 13.8 Å². The number of carbonyl (C=O) groups is 2. The fourth-order valence-corrected chi connectivity index (χ4v) is 6.89. The van der Waals surface area contributed by atoms with Crippen molar-refractivity contribution in [1.29, 1.82) is 0 Å². The van der Waals surface area contributed by atoms with Crippen LogP contribution in [-0.2, 0) is 32.6 Å². The highest BCUT2D eigenvalue weighted by molar-refractivity contribution is 9.10. The first-order chi connectivity index (χ1) is 21.3. The quantitative estimate of drug-likeness (QED) is 0.170. The molecular formula is C35H37BrClN3O4S. The predicted molar refractivity (Wildman–Crippen MR) is 184 cm³/mol. The molecule has 4 aromatic rings. The summed E-state index contributed by atoms with van der Waals surface area (Å²) in [5, 5.41) is 3.36. The summed E-state index contributed by atoms with van der Waals surface area (Å²) in [6.45, 7) is 7.10. The topological polar surface area (TPSA) is 86.8 Å². The summed E-state index contributed by atoms with van der Waals surface area (Å²) in [6.07, 6.45) is 0.243. The van der Waals surface area contributed by atoms with Crippen LogP contribution in [0.2, 0.25) is 5.02 Å². The Balaban J connectivity index is 1.82. The molecule has 0 fully saturated rings. The van der Waals surface area contributed by atoms with Crippen LogP contribution in [0.4, 0.5) is 5.69 Å². The lowest BCUT2D eigenvalue weighted by Gasteiger charge is -2.34. The lowest BCUT2D eigenvalue weighted by molar-refractivity contribution is -0.140. The van der Waals surface area contributed by atoms with E-state index in [1.54, 1.807) is 12.1 Å². The Bertz CT molecular complexity index is 1750. The fraction of sp³-hybridized carbons (Fsp3) is 0.257. The minimum atomic E-state index is -4.21. The lowest BCUT2D eigenvalue weighted by Crippen LogP contribution is -2.54. The van der Waals surface area contributed by atoms with Gasteiger partial charge in [-0.15, -0.1) is 0 Å². The van der Waals surface area contributed by atoms with Crippen molar-refractivity contribution in [3.63, 3.8) is 0 Å². The second kappa shape index (κ2) is 15.1. The Kier molecular flexibility index (Phi) is 11.5. The minimum Gasteiger partial charge on any atom is -0.352 e. The van der Waals surface area contributed by atoms with Crippen molar-refractivity contribution in [3.05, 3.63) is 129 Å². The van der Waals surface area contributed by atoms with Crippen LogP contribution in [0.15, 0.2) is 106 Å². The molecule has 4 aromatic carbocycles. The van der Waals surface area contributed by atoms with Crippen molar-refractivity contribution in [2.24, 2.45) is 0 Å². The third-order valence-electron chi connectivity index (χ3n) is 7.40. The highest BCUT2D eigenvalue weighted by Crippen LogP contribution is 2.28. The smallest absolute Gasteiger partial charge is 0.264 e. The molecule has 0 aliphatic rings. The number of aryl methyl sites for hydroxylation is 2. The van der Waals surface area contributed by atoms with Gasteiger partial charge in [-0.1, -0.05) is 76.1 Å². The van der Waals surface area contributed by atoms with Gasteiger partial charge in [0.15, 0.2) is 0 Å². The maximum atomic E-state index is 14.5. The molecule has 1 N–H and O–H groups in total. The van der Waals surface area contributed by atoms with E-state index >= 15 is 0 Å². The van der Waals surface area contributed by atoms with E-state index in [-0.39, 0.29) is 29.8 Å². The number of carbonyl (C=O) groups excluding carboxylic acids is 2. The van der Waals surface area contributed by atoms with E-state index < -0.39 is 28.5 Å². The predicted octanol–water partition coefficient (Wildman–Crippen LogP) is 7.08. The Morgan fingerprint density at radius 1 is 0.844 bits per heavy atom. The first kappa shape index (κ1) is 34.2. The van der Waals surface area contributed by atoms with Crippen LogP contribution < -0.4 is 9.62 Å². The second-order valence-electron chi connectivity index (χ2n) is 11.3. The van der Waals surface area contributed by atoms with Gasteiger partial charge in [0, 0.05) is 28.5 Å². The van der Waals surface area contributed by atoms with Crippen molar-refractivity contribution in [2.75, 3.05) is 10.8 Å². The van der Waals surface area contributed by atoms with Gasteiger partial charge in [0.05, 0.1) is 10.6 Å². The summed E-state index contributed by atoms with van der Waals surface area (Å²) in [5.41, 5.74) is 3.86. The molecule has 45 heavy (non-hydrogen) atoms. The summed E-state index contributed by atoms with van der Waals surface area (Å²) >= 11 is 9.57. The van der Waals surface area contributed by atoms with E-state index in [2.05, 4.69) is 21.2 Å². The van der Waals surface area contributed by atoms with Crippen LogP contribution in [0.5, 0.6) is 0 Å². The third kappa shape index (κ3) is 8.96. The number of amides is 2. The van der Waals surface area contributed by atoms with Crippen LogP contribution in [0.1, 0.15) is 36.1 Å². The first-order valence-electron chi connectivity index (χ1n) is 14.6. The van der Waals surface area contributed by atoms with Gasteiger partial charge >= 0.3 is 0 Å². The normalized spacial score (nSPS) is 12.1. The Hall–Kier alpha value is -3.66. The Labute approximate surface area is 279 Å². The van der Waals surface area contributed by atoms with E-state index in [1.807, 2.05) is 88.4 Å². The van der Waals surface area contributed by atoms with Gasteiger partial charge < -0.3 is 10.2 Å². The number of halogens is 2. The standard InChI is InChI=1S/C35H37BrClN3O4S/c1-24(2)38-35(42)33(21-27-9-6-5-7-10-27)39(22-28-11-8-12-29(36)20-28)34(41)23-40(31-16-13-25(3)26(4)19-31)45(43,44)32-17-14-30(37)15-18-32/h5-20,24,33H,21-23H2,1-4H3,(H,38,42)/t33-/m1/s1. The molecule has 1 atom stereocenters. The van der Waals surface area contributed by atoms with Crippen molar-refractivity contribution < 1.29 is 18.0 Å². The Morgan fingerprint density at radius 2 is 1.51 bits per heavy atom. The highest BCUT2D eigenvalue weighted by Gasteiger charge is 2.35. The van der Waals surface area contributed by atoms with E-state index in [0.29, 0.717) is 10.7 Å². The summed E-state index contributed by atoms with van der Waals surface area (Å²) in [6, 6.07) is 27.0. The first-order valence-corrected chi connectivity index (χ1v) is 17.2. The van der Waals surface area contributed by atoms with Crippen LogP contribution in [-0.4, -0.2) is 43.8 Å². The molecule has 0 bridgehead atoms. The largest absolute Gasteiger partial charge is 0.352 e. The van der Waals surface area contributed by atoms with Crippen LogP contribution in [0.3, 0.4) is 0 Å². The third-order valence-corrected chi connectivity index (χ3v) is 9.94. The van der Waals surface area contributed by atoms with Crippen LogP contribution >= 0.6 is 27.5 Å². The van der Waals surface area contributed by atoms with Crippen molar-refractivity contribution in [2.45, 2.75) is 57.6 Å². The molecular weight excluding hydrogens is 674 g/mol. The molecule has 236 valence electrons. The number of nitrogens with one attached hydrogen (secondary N) is 1. The van der Waals surface area contributed by atoms with E-state index in [1.165, 1.54) is 29.2 Å². The van der Waals surface area contributed by atoms with E-state index in [4.69, 9.17) is 11.6 Å². The van der Waals surface area contributed by atoms with Gasteiger partial charge in [-0.05, 0) is 98.5 Å². The molecule has 2 amide bonds. The maximum absolute atomic E-state index is 14.5. The lowest BCUT2D eigenvalue weighted by atomic mass is 10.0. The molecule has 0 heterocycles. The fourth-order valence-electron chi connectivity index (χ4n) is 4.91. The molecule has 0 unspecified atom stereocenters. The minimum absolute atomic E-state index is 0.00476. The summed E-state index contributed by atoms with van der Waals surface area (Å²) in [5.74, 6) is -0.846. The van der Waals surface area contributed by atoms with Gasteiger partial charge in [0.25, 0.3) is 10.0 Å². The zero-order valence-corrected chi connectivity index (χ0v) is 28.9. The number of hydrogen-bond donors (Lipinski definition) is 1. The maximum Gasteiger partial charge on any atom is 0.264 e. The van der Waals surface area contributed by atoms with Crippen LogP contribution in [0.25, 0.3) is 0 Å². The summed E-state index contributed by atoms with van der Waals surface area (Å²) in [7, 11) is -4.21. The summed E-state index contributed by atoms with van der Waals surface area (Å²) < 4.78 is 30.3. The molecule has 0 aliphatic heterocycles. The van der Waals surface area contributed by atoms with Crippen molar-refractivity contribution >= 4 is 55.1 Å². The zero-order valence-electron chi connectivity index (χ0n) is 25.7. The van der Waals surface area contributed by atoms with Crippen molar-refractivity contribution in [1.82, 2.24) is 10.2 Å². The van der Waals surface area contributed by atoms with Gasteiger partial charge in [0.1, 0.15) is 12.6 Å². The molecule has 0 aliphatic carbocycles. The number of nitrogens with zero attached hydrogens (tertiary/aromatic N) is 2. The highest BCUT2D eigenvalue weighted by atomic mass is 79.9. The molecule has 0 aromatic heterocycles. The number of hydrogen-bond acceptors (Lipinski definition) is 4. The number of sulfonamides is 1. The molecule has 10 heteroatoms. The number of benzene rings is 4. The van der Waals surface area contributed by atoms with Gasteiger partial charge in [-0.3, -0.25) is 13.9 Å². The Morgan fingerprint density at radius 3 is 2.13 bits per heavy atom. The van der Waals surface area contributed by atoms with Gasteiger partial charge in [-0.25, -0.2) is 8.42 Å². The SMILES string of the molecule is Cc1ccc(N(CC(=O)N(Cc2cccc(Br)c2)[C@H](Cc2ccccc2)C(=O)NC(C)C)S(=O)(=O)c2ccc(Cl)cc2)cc1C. The van der Waals surface area contributed by atoms with E-state index in [0.717, 1.165) is 31.0 Å². The summed E-state index contributed by atoms with van der Waals surface area (Å²) in [4.78, 5) is 29.8.